The van der Waals surface area contributed by atoms with Gasteiger partial charge in [-0.05, 0) is 52.7 Å². The molecule has 0 aliphatic carbocycles. The number of hydrogen-bond acceptors (Lipinski definition) is 2. The van der Waals surface area contributed by atoms with Gasteiger partial charge in [-0.25, -0.2) is 9.97 Å². The highest BCUT2D eigenvalue weighted by Crippen LogP contribution is 2.36. The fourth-order valence-corrected chi connectivity index (χ4v) is 7.29. The summed E-state index contributed by atoms with van der Waals surface area (Å²) in [4.78, 5) is 10.5. The van der Waals surface area contributed by atoms with Gasteiger partial charge in [0.25, 0.3) is 0 Å². The van der Waals surface area contributed by atoms with Gasteiger partial charge in [0.05, 0.1) is 22.4 Å². The molecule has 3 nitrogen and oxygen atoms in total. The maximum atomic E-state index is 5.25. The van der Waals surface area contributed by atoms with E-state index < -0.39 is 0 Å². The van der Waals surface area contributed by atoms with Crippen molar-refractivity contribution in [2.24, 2.45) is 0 Å². The van der Waals surface area contributed by atoms with Crippen LogP contribution in [0.25, 0.3) is 82.9 Å². The van der Waals surface area contributed by atoms with Crippen LogP contribution in [-0.2, 0) is 0 Å². The van der Waals surface area contributed by atoms with Crippen LogP contribution < -0.4 is 0 Å². The van der Waals surface area contributed by atoms with Crippen molar-refractivity contribution in [1.82, 2.24) is 14.5 Å². The first-order valence-corrected chi connectivity index (χ1v) is 17.0. The molecule has 9 rings (SSSR count). The van der Waals surface area contributed by atoms with Crippen LogP contribution in [0.1, 0.15) is 5.56 Å². The SMILES string of the molecule is Cc1c(-c2ccccc2)nc(-c2cccc(-n3c4ccccc4c4ccccc4c4ccccc4c4ccccc43)c2)nc1-c1ccccc1. The summed E-state index contributed by atoms with van der Waals surface area (Å²) in [7, 11) is 0. The van der Waals surface area contributed by atoms with Crippen LogP contribution >= 0.6 is 0 Å². The largest absolute Gasteiger partial charge is 0.309 e. The van der Waals surface area contributed by atoms with Crippen LogP contribution in [0.15, 0.2) is 182 Å². The quantitative estimate of drug-likeness (QED) is 0.192. The molecule has 0 radical (unpaired) electrons. The summed E-state index contributed by atoms with van der Waals surface area (Å²) >= 11 is 0. The number of aromatic nitrogens is 3. The van der Waals surface area contributed by atoms with Crippen molar-refractivity contribution in [3.63, 3.8) is 0 Å². The number of hydrogen-bond donors (Lipinski definition) is 0. The average Bonchev–Trinajstić information content (AvgIpc) is 3.23. The van der Waals surface area contributed by atoms with Gasteiger partial charge in [0, 0.05) is 38.7 Å². The van der Waals surface area contributed by atoms with E-state index >= 15 is 0 Å². The molecule has 7 aromatic carbocycles. The molecule has 0 saturated heterocycles. The zero-order valence-corrected chi connectivity index (χ0v) is 27.7. The van der Waals surface area contributed by atoms with Crippen LogP contribution in [0.4, 0.5) is 0 Å². The first-order valence-electron chi connectivity index (χ1n) is 17.0. The van der Waals surface area contributed by atoms with Gasteiger partial charge in [-0.3, -0.25) is 0 Å². The first-order chi connectivity index (χ1) is 24.7. The van der Waals surface area contributed by atoms with E-state index in [9.17, 15) is 0 Å². The van der Waals surface area contributed by atoms with Crippen LogP contribution in [0, 0.1) is 6.92 Å². The summed E-state index contributed by atoms with van der Waals surface area (Å²) in [5.41, 5.74) is 9.28. The summed E-state index contributed by atoms with van der Waals surface area (Å²) in [6.45, 7) is 2.12. The lowest BCUT2D eigenvalue weighted by molar-refractivity contribution is 1.13. The molecule has 0 N–H and O–H groups in total. The molecule has 0 aliphatic heterocycles. The van der Waals surface area contributed by atoms with Crippen molar-refractivity contribution in [2.45, 2.75) is 6.92 Å². The molecule has 0 aliphatic rings. The third-order valence-corrected chi connectivity index (χ3v) is 9.62. The predicted octanol–water partition coefficient (Wildman–Crippen LogP) is 12.3. The van der Waals surface area contributed by atoms with Crippen LogP contribution in [0.3, 0.4) is 0 Å². The predicted molar refractivity (Wildman–Crippen MR) is 210 cm³/mol. The Hall–Kier alpha value is -6.58. The van der Waals surface area contributed by atoms with Gasteiger partial charge in [0.1, 0.15) is 0 Å². The Labute approximate surface area is 291 Å². The second kappa shape index (κ2) is 12.5. The second-order valence-electron chi connectivity index (χ2n) is 12.6. The van der Waals surface area contributed by atoms with Crippen LogP contribution in [-0.4, -0.2) is 14.5 Å². The molecule has 3 heteroatoms. The minimum absolute atomic E-state index is 0.691. The molecule has 0 saturated carbocycles. The summed E-state index contributed by atoms with van der Waals surface area (Å²) in [6.07, 6.45) is 0. The Bertz CT molecular complexity index is 2600. The molecule has 9 aromatic rings. The van der Waals surface area contributed by atoms with E-state index in [-0.39, 0.29) is 0 Å². The van der Waals surface area contributed by atoms with Crippen molar-refractivity contribution in [2.75, 3.05) is 0 Å². The minimum Gasteiger partial charge on any atom is -0.309 e. The number of rotatable bonds is 4. The van der Waals surface area contributed by atoms with E-state index in [1.54, 1.807) is 0 Å². The number of benzene rings is 7. The van der Waals surface area contributed by atoms with Gasteiger partial charge in [-0.15, -0.1) is 0 Å². The van der Waals surface area contributed by atoms with Crippen molar-refractivity contribution < 1.29 is 0 Å². The highest BCUT2D eigenvalue weighted by molar-refractivity contribution is 6.19. The van der Waals surface area contributed by atoms with E-state index in [1.165, 1.54) is 32.3 Å². The molecule has 0 unspecified atom stereocenters. The smallest absolute Gasteiger partial charge is 0.160 e. The molecular weight excluding hydrogens is 607 g/mol. The molecule has 236 valence electrons. The van der Waals surface area contributed by atoms with Crippen molar-refractivity contribution in [3.8, 4) is 39.6 Å². The van der Waals surface area contributed by atoms with Gasteiger partial charge in [-0.2, -0.15) is 0 Å². The maximum Gasteiger partial charge on any atom is 0.160 e. The fourth-order valence-electron chi connectivity index (χ4n) is 7.29. The summed E-state index contributed by atoms with van der Waals surface area (Å²) in [5.74, 6) is 0.691. The molecule has 0 bridgehead atoms. The fraction of sp³-hybridized carbons (Fsp3) is 0.0213. The lowest BCUT2D eigenvalue weighted by Gasteiger charge is -2.16. The molecule has 0 fully saturated rings. The van der Waals surface area contributed by atoms with Crippen LogP contribution in [0.2, 0.25) is 0 Å². The van der Waals surface area contributed by atoms with Gasteiger partial charge in [-0.1, -0.05) is 158 Å². The molecule has 2 heterocycles. The molecular formula is C47H33N3. The molecule has 0 atom stereocenters. The van der Waals surface area contributed by atoms with E-state index in [0.717, 1.165) is 50.4 Å². The van der Waals surface area contributed by atoms with Gasteiger partial charge < -0.3 is 4.57 Å². The van der Waals surface area contributed by atoms with Crippen LogP contribution in [0.5, 0.6) is 0 Å². The maximum absolute atomic E-state index is 5.25. The summed E-state index contributed by atoms with van der Waals surface area (Å²) in [5, 5.41) is 7.18. The number of fused-ring (bicyclic) bond motifs is 7. The zero-order chi connectivity index (χ0) is 33.4. The van der Waals surface area contributed by atoms with Crippen molar-refractivity contribution >= 4 is 43.4 Å². The Morgan fingerprint density at radius 2 is 0.740 bits per heavy atom. The topological polar surface area (TPSA) is 30.7 Å². The monoisotopic (exact) mass is 639 g/mol. The average molecular weight is 640 g/mol. The lowest BCUT2D eigenvalue weighted by Crippen LogP contribution is -2.02. The third kappa shape index (κ3) is 5.08. The van der Waals surface area contributed by atoms with Crippen molar-refractivity contribution in [1.29, 1.82) is 0 Å². The Morgan fingerprint density at radius 3 is 1.22 bits per heavy atom. The molecule has 0 amide bonds. The Balaban J connectivity index is 1.39. The zero-order valence-electron chi connectivity index (χ0n) is 27.7. The molecule has 2 aromatic heterocycles. The number of para-hydroxylation sites is 2. The molecule has 0 spiro atoms. The standard InChI is InChI=1S/C47H33N3/c1-32-45(33-17-4-2-5-18-33)48-47(49-46(32)34-19-6-3-7-20-34)35-21-16-22-36(31-35)50-43-29-14-12-27-41(43)39-25-10-8-23-37(39)38-24-9-11-26-40(38)42-28-13-15-30-44(42)50/h2-31H,1H3. The molecule has 50 heavy (non-hydrogen) atoms. The summed E-state index contributed by atoms with van der Waals surface area (Å²) < 4.78 is 2.40. The first kappa shape index (κ1) is 29.6. The van der Waals surface area contributed by atoms with E-state index in [0.29, 0.717) is 5.82 Å². The van der Waals surface area contributed by atoms with Gasteiger partial charge in [0.2, 0.25) is 0 Å². The highest BCUT2D eigenvalue weighted by atomic mass is 15.0. The summed E-state index contributed by atoms with van der Waals surface area (Å²) in [6, 6.07) is 64.5. The lowest BCUT2D eigenvalue weighted by atomic mass is 10.0. The Kier molecular flexibility index (Phi) is 7.37. The van der Waals surface area contributed by atoms with E-state index in [2.05, 4.69) is 181 Å². The second-order valence-corrected chi connectivity index (χ2v) is 12.6. The third-order valence-electron chi connectivity index (χ3n) is 9.62. The number of nitrogens with zero attached hydrogens (tertiary/aromatic N) is 3. The van der Waals surface area contributed by atoms with Crippen molar-refractivity contribution in [3.05, 3.63) is 188 Å². The minimum atomic E-state index is 0.691. The van der Waals surface area contributed by atoms with E-state index in [4.69, 9.17) is 9.97 Å². The Morgan fingerprint density at radius 1 is 0.360 bits per heavy atom. The van der Waals surface area contributed by atoms with Gasteiger partial charge >= 0.3 is 0 Å². The normalized spacial score (nSPS) is 11.3. The highest BCUT2D eigenvalue weighted by Gasteiger charge is 2.17. The van der Waals surface area contributed by atoms with E-state index in [1.807, 2.05) is 12.1 Å². The van der Waals surface area contributed by atoms with Gasteiger partial charge in [0.15, 0.2) is 5.82 Å².